The zero-order valence-electron chi connectivity index (χ0n) is 35.5. The molecule has 0 saturated heterocycles. The minimum absolute atomic E-state index is 0.0807. The summed E-state index contributed by atoms with van der Waals surface area (Å²) >= 11 is 0. The second-order valence-electron chi connectivity index (χ2n) is 18.1. The molecular formula is C60H46N2. The zero-order chi connectivity index (χ0) is 41.7. The van der Waals surface area contributed by atoms with Crippen molar-refractivity contribution >= 4 is 38.9 Å². The van der Waals surface area contributed by atoms with Gasteiger partial charge in [-0.2, -0.15) is 0 Å². The highest BCUT2D eigenvalue weighted by Crippen LogP contribution is 2.56. The van der Waals surface area contributed by atoms with Crippen LogP contribution < -0.4 is 4.90 Å². The molecule has 1 aromatic heterocycles. The molecule has 9 aromatic carbocycles. The summed E-state index contributed by atoms with van der Waals surface area (Å²) in [6, 6.07) is 76.6. The van der Waals surface area contributed by atoms with E-state index >= 15 is 0 Å². The first kappa shape index (κ1) is 36.4. The molecule has 0 aliphatic heterocycles. The van der Waals surface area contributed by atoms with E-state index in [0.29, 0.717) is 0 Å². The van der Waals surface area contributed by atoms with Gasteiger partial charge in [0, 0.05) is 44.1 Å². The van der Waals surface area contributed by atoms with Crippen LogP contribution in [0.3, 0.4) is 0 Å². The smallest absolute Gasteiger partial charge is 0.0547 e. The lowest BCUT2D eigenvalue weighted by Crippen LogP contribution is -2.16. The Bertz CT molecular complexity index is 3420. The first-order valence-corrected chi connectivity index (χ1v) is 21.9. The van der Waals surface area contributed by atoms with Crippen molar-refractivity contribution in [1.29, 1.82) is 0 Å². The Balaban J connectivity index is 1.11. The van der Waals surface area contributed by atoms with Gasteiger partial charge in [-0.25, -0.2) is 0 Å². The fraction of sp³-hybridized carbons (Fsp3) is 0.100. The number of hydrogen-bond acceptors (Lipinski definition) is 1. The maximum Gasteiger partial charge on any atom is 0.0547 e. The molecule has 10 aromatic rings. The van der Waals surface area contributed by atoms with E-state index in [0.717, 1.165) is 17.1 Å². The van der Waals surface area contributed by atoms with Gasteiger partial charge in [-0.3, -0.25) is 0 Å². The predicted octanol–water partition coefficient (Wildman–Crippen LogP) is 16.2. The second kappa shape index (κ2) is 13.5. The van der Waals surface area contributed by atoms with Crippen LogP contribution in [0.25, 0.3) is 72.0 Å². The summed E-state index contributed by atoms with van der Waals surface area (Å²) in [4.78, 5) is 2.54. The molecule has 2 heteroatoms. The largest absolute Gasteiger partial charge is 0.309 e. The van der Waals surface area contributed by atoms with Gasteiger partial charge < -0.3 is 9.47 Å². The molecule has 0 atom stereocenters. The van der Waals surface area contributed by atoms with Gasteiger partial charge >= 0.3 is 0 Å². The van der Waals surface area contributed by atoms with Crippen molar-refractivity contribution < 1.29 is 0 Å². The molecule has 62 heavy (non-hydrogen) atoms. The normalized spacial score (nSPS) is 14.1. The quantitative estimate of drug-likeness (QED) is 0.163. The SMILES string of the molecule is CC1(C)c2ccccc2-c2c(-c3cccc(N(c4ccccc4-c4ccc5c6ccccc6n(-c6ccccc6)c5c4)c4cccc5c4-c4ccccc4C5(C)C)c3)cccc21. The molecule has 0 spiro atoms. The van der Waals surface area contributed by atoms with Crippen LogP contribution in [0.1, 0.15) is 49.9 Å². The lowest BCUT2D eigenvalue weighted by atomic mass is 9.82. The zero-order valence-corrected chi connectivity index (χ0v) is 35.5. The number of benzene rings is 9. The van der Waals surface area contributed by atoms with E-state index in [2.05, 4.69) is 243 Å². The third-order valence-electron chi connectivity index (χ3n) is 14.0. The summed E-state index contributed by atoms with van der Waals surface area (Å²) in [7, 11) is 0. The average Bonchev–Trinajstić information content (AvgIpc) is 3.86. The Morgan fingerprint density at radius 3 is 1.66 bits per heavy atom. The minimum atomic E-state index is -0.143. The standard InChI is InChI=1S/C60H46N2/c1-59(2)49-28-12-8-25-47(49)57-44(27-17-30-51(57)59)39-19-16-22-42(37-39)62(55-34-18-31-52-58(55)48-26-9-13-29-50(48)60(52,3)4)53-32-14-10-23-43(53)40-35-36-46-45-24-11-15-33-54(45)61(56(46)38-40)41-20-6-5-7-21-41/h5-38H,1-4H3. The number of nitrogens with zero attached hydrogens (tertiary/aromatic N) is 2. The van der Waals surface area contributed by atoms with Crippen molar-refractivity contribution in [3.05, 3.63) is 229 Å². The number of aromatic nitrogens is 1. The highest BCUT2D eigenvalue weighted by Gasteiger charge is 2.39. The number of fused-ring (bicyclic) bond motifs is 9. The number of hydrogen-bond donors (Lipinski definition) is 0. The van der Waals surface area contributed by atoms with Crippen molar-refractivity contribution in [3.63, 3.8) is 0 Å². The second-order valence-corrected chi connectivity index (χ2v) is 18.1. The molecule has 2 aliphatic carbocycles. The van der Waals surface area contributed by atoms with E-state index in [1.54, 1.807) is 0 Å². The molecule has 0 bridgehead atoms. The van der Waals surface area contributed by atoms with Crippen molar-refractivity contribution in [1.82, 2.24) is 4.57 Å². The summed E-state index contributed by atoms with van der Waals surface area (Å²) in [5.41, 5.74) is 22.3. The lowest BCUT2D eigenvalue weighted by Gasteiger charge is -2.31. The van der Waals surface area contributed by atoms with E-state index in [9.17, 15) is 0 Å². The molecule has 0 saturated carbocycles. The summed E-state index contributed by atoms with van der Waals surface area (Å²) in [6.45, 7) is 9.47. The maximum atomic E-state index is 2.54. The first-order valence-electron chi connectivity index (χ1n) is 21.9. The third kappa shape index (κ3) is 5.23. The highest BCUT2D eigenvalue weighted by atomic mass is 15.1. The molecule has 12 rings (SSSR count). The number of para-hydroxylation sites is 3. The number of rotatable bonds is 6. The Labute approximate surface area is 364 Å². The predicted molar refractivity (Wildman–Crippen MR) is 261 cm³/mol. The Kier molecular flexibility index (Phi) is 7.96. The van der Waals surface area contributed by atoms with Crippen LogP contribution in [-0.2, 0) is 10.8 Å². The molecule has 1 heterocycles. The van der Waals surface area contributed by atoms with Crippen molar-refractivity contribution in [2.45, 2.75) is 38.5 Å². The molecule has 2 aliphatic rings. The van der Waals surface area contributed by atoms with Crippen LogP contribution in [0.4, 0.5) is 17.1 Å². The van der Waals surface area contributed by atoms with Crippen LogP contribution >= 0.6 is 0 Å². The molecule has 0 fully saturated rings. The summed E-state index contributed by atoms with van der Waals surface area (Å²) in [5, 5.41) is 2.50. The van der Waals surface area contributed by atoms with Crippen LogP contribution in [0.5, 0.6) is 0 Å². The van der Waals surface area contributed by atoms with Crippen molar-refractivity contribution in [2.24, 2.45) is 0 Å². The van der Waals surface area contributed by atoms with Crippen molar-refractivity contribution in [3.8, 4) is 50.2 Å². The molecule has 0 N–H and O–H groups in total. The molecule has 0 unspecified atom stereocenters. The molecule has 0 radical (unpaired) electrons. The fourth-order valence-electron chi connectivity index (χ4n) is 11.0. The third-order valence-corrected chi connectivity index (χ3v) is 14.0. The van der Waals surface area contributed by atoms with Gasteiger partial charge in [0.2, 0.25) is 0 Å². The van der Waals surface area contributed by atoms with Gasteiger partial charge in [0.05, 0.1) is 22.4 Å². The molecule has 296 valence electrons. The number of anilines is 3. The van der Waals surface area contributed by atoms with E-state index in [1.165, 1.54) is 94.3 Å². The topological polar surface area (TPSA) is 8.17 Å². The van der Waals surface area contributed by atoms with E-state index in [4.69, 9.17) is 0 Å². The van der Waals surface area contributed by atoms with E-state index in [1.807, 2.05) is 0 Å². The van der Waals surface area contributed by atoms with E-state index in [-0.39, 0.29) is 10.8 Å². The van der Waals surface area contributed by atoms with Gasteiger partial charge in [0.25, 0.3) is 0 Å². The lowest BCUT2D eigenvalue weighted by molar-refractivity contribution is 0.660. The molecular weight excluding hydrogens is 749 g/mol. The minimum Gasteiger partial charge on any atom is -0.309 e. The van der Waals surface area contributed by atoms with Crippen LogP contribution in [0.2, 0.25) is 0 Å². The average molecular weight is 795 g/mol. The fourth-order valence-corrected chi connectivity index (χ4v) is 11.0. The van der Waals surface area contributed by atoms with Gasteiger partial charge in [0.15, 0.2) is 0 Å². The van der Waals surface area contributed by atoms with Crippen LogP contribution in [-0.4, -0.2) is 4.57 Å². The summed E-state index contributed by atoms with van der Waals surface area (Å²) in [6.07, 6.45) is 0. The maximum absolute atomic E-state index is 2.54. The van der Waals surface area contributed by atoms with Gasteiger partial charge in [-0.1, -0.05) is 185 Å². The summed E-state index contributed by atoms with van der Waals surface area (Å²) in [5.74, 6) is 0. The summed E-state index contributed by atoms with van der Waals surface area (Å²) < 4.78 is 2.42. The van der Waals surface area contributed by atoms with Gasteiger partial charge in [0.1, 0.15) is 0 Å². The highest BCUT2D eigenvalue weighted by molar-refractivity contribution is 6.11. The van der Waals surface area contributed by atoms with Gasteiger partial charge in [-0.05, 0) is 104 Å². The molecule has 2 nitrogen and oxygen atoms in total. The van der Waals surface area contributed by atoms with Gasteiger partial charge in [-0.15, -0.1) is 0 Å². The van der Waals surface area contributed by atoms with Crippen LogP contribution in [0, 0.1) is 0 Å². The van der Waals surface area contributed by atoms with E-state index < -0.39 is 0 Å². The van der Waals surface area contributed by atoms with Crippen molar-refractivity contribution in [2.75, 3.05) is 4.90 Å². The van der Waals surface area contributed by atoms with Crippen LogP contribution in [0.15, 0.2) is 206 Å². The first-order chi connectivity index (χ1) is 30.3. The Hall–Kier alpha value is -7.42. The Morgan fingerprint density at radius 1 is 0.355 bits per heavy atom. The monoisotopic (exact) mass is 794 g/mol. The Morgan fingerprint density at radius 2 is 0.887 bits per heavy atom. The molecule has 0 amide bonds.